The maximum atomic E-state index is 13.1. The Bertz CT molecular complexity index is 1470. The van der Waals surface area contributed by atoms with Gasteiger partial charge in [-0.1, -0.05) is 351 Å². The number of hydrogen-bond acceptors (Lipinski definition) is 8. The average molecular weight is 1180 g/mol. The van der Waals surface area contributed by atoms with Gasteiger partial charge in [-0.05, 0) is 57.8 Å². The third-order valence-corrected chi connectivity index (χ3v) is 17.6. The topological polar surface area (TPSA) is 149 Å². The average Bonchev–Trinajstić information content (AvgIpc) is 3.70. The molecule has 0 aromatic rings. The molecule has 0 radical (unpaired) electrons. The first-order valence-electron chi connectivity index (χ1n) is 36.9. The number of amides is 1. The number of allylic oxidation sites excluding steroid dienone is 7. The fourth-order valence-corrected chi connectivity index (χ4v) is 11.9. The highest BCUT2D eigenvalue weighted by Crippen LogP contribution is 2.24. The van der Waals surface area contributed by atoms with Crippen molar-refractivity contribution in [1.29, 1.82) is 0 Å². The van der Waals surface area contributed by atoms with Crippen LogP contribution in [0, 0.1) is 0 Å². The Kier molecular flexibility index (Phi) is 61.2. The van der Waals surface area contributed by atoms with Gasteiger partial charge in [0.2, 0.25) is 5.91 Å². The van der Waals surface area contributed by atoms with Gasteiger partial charge in [0.15, 0.2) is 6.29 Å². The van der Waals surface area contributed by atoms with Crippen LogP contribution in [0.4, 0.5) is 0 Å². The van der Waals surface area contributed by atoms with Crippen LogP contribution in [0.5, 0.6) is 0 Å². The van der Waals surface area contributed by atoms with Crippen molar-refractivity contribution in [3.63, 3.8) is 0 Å². The van der Waals surface area contributed by atoms with E-state index < -0.39 is 49.5 Å². The van der Waals surface area contributed by atoms with E-state index in [2.05, 4.69) is 55.6 Å². The predicted octanol–water partition coefficient (Wildman–Crippen LogP) is 20.4. The van der Waals surface area contributed by atoms with Crippen molar-refractivity contribution in [1.82, 2.24) is 5.32 Å². The zero-order chi connectivity index (χ0) is 60.7. The summed E-state index contributed by atoms with van der Waals surface area (Å²) >= 11 is 0. The molecule has 0 aromatic carbocycles. The third kappa shape index (κ3) is 52.1. The van der Waals surface area contributed by atoms with Crippen molar-refractivity contribution in [2.45, 2.75) is 410 Å². The molecule has 0 bridgehead atoms. The molecule has 1 aliphatic rings. The Balaban J connectivity index is 2.10. The van der Waals surface area contributed by atoms with Gasteiger partial charge < -0.3 is 40.3 Å². The normalized spacial score (nSPS) is 18.4. The van der Waals surface area contributed by atoms with Crippen LogP contribution in [0.25, 0.3) is 0 Å². The van der Waals surface area contributed by atoms with E-state index in [1.54, 1.807) is 6.08 Å². The highest BCUT2D eigenvalue weighted by molar-refractivity contribution is 5.76. The van der Waals surface area contributed by atoms with E-state index in [0.717, 1.165) is 51.4 Å². The number of ether oxygens (including phenoxy) is 2. The summed E-state index contributed by atoms with van der Waals surface area (Å²) in [6, 6.07) is -0.806. The zero-order valence-electron chi connectivity index (χ0n) is 55.4. The molecule has 1 rings (SSSR count). The van der Waals surface area contributed by atoms with Gasteiger partial charge in [0, 0.05) is 6.42 Å². The van der Waals surface area contributed by atoms with Gasteiger partial charge in [0.05, 0.1) is 25.4 Å². The van der Waals surface area contributed by atoms with Crippen LogP contribution in [0.3, 0.4) is 0 Å². The first-order valence-corrected chi connectivity index (χ1v) is 36.9. The first-order chi connectivity index (χ1) is 41.3. The van der Waals surface area contributed by atoms with Crippen LogP contribution in [0.2, 0.25) is 0 Å². The summed E-state index contributed by atoms with van der Waals surface area (Å²) < 4.78 is 11.3. The molecule has 0 spiro atoms. The van der Waals surface area contributed by atoms with Gasteiger partial charge in [0.1, 0.15) is 24.4 Å². The maximum absolute atomic E-state index is 13.1. The summed E-state index contributed by atoms with van der Waals surface area (Å²) in [6.45, 7) is 3.82. The SMILES string of the molecule is CCCCCCC/C=C\C/C=C\C/C=C\CCCCCCCCCCCCCCCCCCCCCCC(=O)NC(COC1OC(CO)C(O)C(O)C1O)C(O)/C=C/CCCCCCCCCCCCCCCCCCCCCCCCCC. The van der Waals surface area contributed by atoms with Crippen molar-refractivity contribution in [3.05, 3.63) is 48.6 Å². The second kappa shape index (κ2) is 64.1. The lowest BCUT2D eigenvalue weighted by molar-refractivity contribution is -0.302. The summed E-state index contributed by atoms with van der Waals surface area (Å²) in [5.41, 5.74) is 0. The quantitative estimate of drug-likeness (QED) is 0.0261. The van der Waals surface area contributed by atoms with Crippen LogP contribution in [0.1, 0.15) is 367 Å². The number of carbonyl (C=O) groups is 1. The fraction of sp³-hybridized carbons (Fsp3) is 0.880. The van der Waals surface area contributed by atoms with Gasteiger partial charge >= 0.3 is 0 Å². The Hall–Kier alpha value is -1.85. The number of carbonyl (C=O) groups excluding carboxylic acids is 1. The lowest BCUT2D eigenvalue weighted by Gasteiger charge is -2.40. The molecule has 7 atom stereocenters. The molecule has 494 valence electrons. The summed E-state index contributed by atoms with van der Waals surface area (Å²) in [5.74, 6) is -0.170. The van der Waals surface area contributed by atoms with Crippen LogP contribution >= 0.6 is 0 Å². The van der Waals surface area contributed by atoms with E-state index in [9.17, 15) is 30.3 Å². The standard InChI is InChI=1S/C75H141NO8/c1-3-5-7-9-11-13-15-17-19-21-23-25-27-29-31-32-33-34-35-36-37-38-39-41-43-45-47-49-51-53-55-57-59-61-63-65-71(79)76-68(67-83-75-74(82)73(81)72(80)70(66-77)84-75)69(78)64-62-60-58-56-54-52-50-48-46-44-42-40-30-28-26-24-22-20-18-16-14-12-10-8-6-4-2/h15,17,21,23,27,29,62,64,68-70,72-75,77-78,80-82H,3-14,16,18-20,22,24-26,28,30-61,63,65-67H2,1-2H3,(H,76,79)/b17-15-,23-21-,29-27-,64-62+. The first kappa shape index (κ1) is 80.2. The minimum absolute atomic E-state index is 0.170. The molecule has 9 heteroatoms. The highest BCUT2D eigenvalue weighted by Gasteiger charge is 2.44. The molecule has 0 aromatic heterocycles. The van der Waals surface area contributed by atoms with E-state index in [1.165, 1.54) is 295 Å². The molecule has 84 heavy (non-hydrogen) atoms. The zero-order valence-corrected chi connectivity index (χ0v) is 55.4. The highest BCUT2D eigenvalue weighted by atomic mass is 16.7. The molecule has 7 unspecified atom stereocenters. The summed E-state index contributed by atoms with van der Waals surface area (Å²) in [6.07, 6.45) is 80.9. The molecular weight excluding hydrogens is 1040 g/mol. The van der Waals surface area contributed by atoms with E-state index in [1.807, 2.05) is 6.08 Å². The number of aliphatic hydroxyl groups is 5. The van der Waals surface area contributed by atoms with Crippen molar-refractivity contribution in [2.24, 2.45) is 0 Å². The van der Waals surface area contributed by atoms with Crippen LogP contribution in [0.15, 0.2) is 48.6 Å². The molecule has 1 saturated heterocycles. The van der Waals surface area contributed by atoms with Crippen LogP contribution < -0.4 is 5.32 Å². The summed E-state index contributed by atoms with van der Waals surface area (Å²) in [7, 11) is 0. The molecule has 9 nitrogen and oxygen atoms in total. The number of aliphatic hydroxyl groups excluding tert-OH is 5. The Labute approximate surface area is 520 Å². The van der Waals surface area contributed by atoms with Crippen molar-refractivity contribution in [2.75, 3.05) is 13.2 Å². The van der Waals surface area contributed by atoms with Crippen LogP contribution in [-0.2, 0) is 14.3 Å². The third-order valence-electron chi connectivity index (χ3n) is 17.6. The van der Waals surface area contributed by atoms with Gasteiger partial charge in [0.25, 0.3) is 0 Å². The molecule has 1 fully saturated rings. The minimum atomic E-state index is -1.57. The number of rotatable bonds is 65. The van der Waals surface area contributed by atoms with Gasteiger partial charge in [-0.3, -0.25) is 4.79 Å². The minimum Gasteiger partial charge on any atom is -0.394 e. The van der Waals surface area contributed by atoms with E-state index in [0.29, 0.717) is 6.42 Å². The second-order valence-corrected chi connectivity index (χ2v) is 25.7. The van der Waals surface area contributed by atoms with Gasteiger partial charge in [-0.25, -0.2) is 0 Å². The Morgan fingerprint density at radius 3 is 1.04 bits per heavy atom. The smallest absolute Gasteiger partial charge is 0.220 e. The number of nitrogens with one attached hydrogen (secondary N) is 1. The molecule has 0 aliphatic carbocycles. The molecule has 0 saturated carbocycles. The van der Waals surface area contributed by atoms with Gasteiger partial charge in [-0.15, -0.1) is 0 Å². The van der Waals surface area contributed by atoms with Crippen molar-refractivity contribution >= 4 is 5.91 Å². The van der Waals surface area contributed by atoms with E-state index >= 15 is 0 Å². The van der Waals surface area contributed by atoms with E-state index in [4.69, 9.17) is 9.47 Å². The number of hydrogen-bond donors (Lipinski definition) is 6. The van der Waals surface area contributed by atoms with Crippen molar-refractivity contribution in [3.8, 4) is 0 Å². The second-order valence-electron chi connectivity index (χ2n) is 25.7. The fourth-order valence-electron chi connectivity index (χ4n) is 11.9. The maximum Gasteiger partial charge on any atom is 0.220 e. The molecule has 1 heterocycles. The Morgan fingerprint density at radius 2 is 0.702 bits per heavy atom. The largest absolute Gasteiger partial charge is 0.394 e. The number of unbranched alkanes of at least 4 members (excludes halogenated alkanes) is 49. The monoisotopic (exact) mass is 1180 g/mol. The summed E-state index contributed by atoms with van der Waals surface area (Å²) in [4.78, 5) is 13.1. The molecular formula is C75H141NO8. The van der Waals surface area contributed by atoms with Gasteiger partial charge in [-0.2, -0.15) is 0 Å². The molecule has 1 aliphatic heterocycles. The molecule has 6 N–H and O–H groups in total. The van der Waals surface area contributed by atoms with Crippen molar-refractivity contribution < 1.29 is 39.8 Å². The molecule has 1 amide bonds. The van der Waals surface area contributed by atoms with Crippen LogP contribution in [-0.4, -0.2) is 87.5 Å². The van der Waals surface area contributed by atoms with E-state index in [-0.39, 0.29) is 12.5 Å². The lowest BCUT2D eigenvalue weighted by atomic mass is 9.99. The lowest BCUT2D eigenvalue weighted by Crippen LogP contribution is -2.60. The predicted molar refractivity (Wildman–Crippen MR) is 359 cm³/mol. The summed E-state index contributed by atoms with van der Waals surface area (Å²) in [5, 5.41) is 54.8. The Morgan fingerprint density at radius 1 is 0.405 bits per heavy atom.